The number of nitrogens with zero attached hydrogens (tertiary/aromatic N) is 3. The summed E-state index contributed by atoms with van der Waals surface area (Å²) >= 11 is 0. The van der Waals surface area contributed by atoms with Gasteiger partial charge in [0.25, 0.3) is 0 Å². The number of aliphatic hydroxyl groups excluding tert-OH is 2. The van der Waals surface area contributed by atoms with Gasteiger partial charge in [0.05, 0.1) is 17.5 Å². The summed E-state index contributed by atoms with van der Waals surface area (Å²) in [7, 11) is -3.51. The first-order valence-corrected chi connectivity index (χ1v) is 6.93. The Bertz CT molecular complexity index is 566. The van der Waals surface area contributed by atoms with Crippen molar-refractivity contribution in [3.8, 4) is 0 Å². The molecule has 1 rings (SSSR count). The van der Waals surface area contributed by atoms with Gasteiger partial charge in [-0.15, -0.1) is 0 Å². The van der Waals surface area contributed by atoms with Crippen molar-refractivity contribution in [3.05, 3.63) is 40.3 Å². The number of sulfone groups is 1. The Labute approximate surface area is 104 Å². The number of aliphatic hydroxyl groups is 2. The van der Waals surface area contributed by atoms with Crippen molar-refractivity contribution in [2.75, 3.05) is 12.8 Å². The molecule has 0 aliphatic heterocycles. The Morgan fingerprint density at radius 1 is 1.39 bits per heavy atom. The first-order chi connectivity index (χ1) is 8.38. The third kappa shape index (κ3) is 3.44. The highest BCUT2D eigenvalue weighted by atomic mass is 32.2. The minimum Gasteiger partial charge on any atom is -0.390 e. The van der Waals surface area contributed by atoms with Crippen LogP contribution in [0.15, 0.2) is 34.3 Å². The summed E-state index contributed by atoms with van der Waals surface area (Å²) in [5, 5.41) is 22.6. The predicted molar refractivity (Wildman–Crippen MR) is 64.5 cm³/mol. The lowest BCUT2D eigenvalue weighted by Crippen LogP contribution is -2.22. The maximum absolute atomic E-state index is 11.5. The monoisotopic (exact) mass is 271 g/mol. The van der Waals surface area contributed by atoms with Gasteiger partial charge in [-0.1, -0.05) is 23.3 Å². The Balaban J connectivity index is 3.13. The third-order valence-electron chi connectivity index (χ3n) is 2.33. The van der Waals surface area contributed by atoms with Crippen LogP contribution in [0.3, 0.4) is 0 Å². The molecule has 2 unspecified atom stereocenters. The van der Waals surface area contributed by atoms with E-state index < -0.39 is 22.0 Å². The molecule has 0 fully saturated rings. The molecule has 0 aliphatic rings. The zero-order chi connectivity index (χ0) is 13.8. The van der Waals surface area contributed by atoms with Gasteiger partial charge in [-0.25, -0.2) is 8.42 Å². The van der Waals surface area contributed by atoms with E-state index in [1.54, 1.807) is 6.07 Å². The van der Waals surface area contributed by atoms with Crippen LogP contribution in [-0.2, 0) is 9.84 Å². The van der Waals surface area contributed by atoms with E-state index in [1.165, 1.54) is 18.2 Å². The predicted octanol–water partition coefficient (Wildman–Crippen LogP) is 0.795. The highest BCUT2D eigenvalue weighted by molar-refractivity contribution is 7.90. The molecule has 18 heavy (non-hydrogen) atoms. The van der Waals surface area contributed by atoms with Crippen molar-refractivity contribution in [1.82, 2.24) is 0 Å². The van der Waals surface area contributed by atoms with Crippen molar-refractivity contribution < 1.29 is 18.6 Å². The summed E-state index contributed by atoms with van der Waals surface area (Å²) in [6.45, 7) is -0.338. The molecule has 0 radical (unpaired) electrons. The Hall–Kier alpha value is -1.60. The fourth-order valence-electron chi connectivity index (χ4n) is 1.49. The van der Waals surface area contributed by atoms with E-state index in [0.29, 0.717) is 0 Å². The maximum atomic E-state index is 11.5. The molecular weight excluding hydrogens is 258 g/mol. The molecular formula is C10H13N3O4S. The number of hydrogen-bond donors (Lipinski definition) is 2. The van der Waals surface area contributed by atoms with E-state index in [-0.39, 0.29) is 17.0 Å². The van der Waals surface area contributed by atoms with Crippen LogP contribution in [-0.4, -0.2) is 37.5 Å². The van der Waals surface area contributed by atoms with Crippen molar-refractivity contribution in [2.24, 2.45) is 5.11 Å². The van der Waals surface area contributed by atoms with Crippen LogP contribution in [0.1, 0.15) is 11.7 Å². The molecule has 0 bridgehead atoms. The molecule has 8 heteroatoms. The molecule has 0 heterocycles. The summed E-state index contributed by atoms with van der Waals surface area (Å²) in [4.78, 5) is 2.40. The summed E-state index contributed by atoms with van der Waals surface area (Å²) in [5.74, 6) is 0. The molecule has 0 aliphatic carbocycles. The second-order valence-electron chi connectivity index (χ2n) is 3.74. The van der Waals surface area contributed by atoms with Gasteiger partial charge in [0.15, 0.2) is 9.84 Å². The Kier molecular flexibility index (Phi) is 4.69. The lowest BCUT2D eigenvalue weighted by molar-refractivity contribution is 0.0227. The first kappa shape index (κ1) is 14.5. The molecule has 2 N–H and O–H groups in total. The van der Waals surface area contributed by atoms with E-state index in [9.17, 15) is 18.6 Å². The topological polar surface area (TPSA) is 123 Å². The fourth-order valence-corrected chi connectivity index (χ4v) is 2.43. The third-order valence-corrected chi connectivity index (χ3v) is 3.50. The van der Waals surface area contributed by atoms with Gasteiger partial charge in [0.2, 0.25) is 0 Å². The van der Waals surface area contributed by atoms with Crippen LogP contribution in [0.5, 0.6) is 0 Å². The number of rotatable bonds is 5. The number of benzene rings is 1. The van der Waals surface area contributed by atoms with Crippen molar-refractivity contribution >= 4 is 9.84 Å². The summed E-state index contributed by atoms with van der Waals surface area (Å²) in [6, 6.07) is 5.81. The van der Waals surface area contributed by atoms with Crippen LogP contribution < -0.4 is 0 Å². The molecule has 2 atom stereocenters. The van der Waals surface area contributed by atoms with E-state index in [1.807, 2.05) is 0 Å². The lowest BCUT2D eigenvalue weighted by Gasteiger charge is -2.18. The first-order valence-electron chi connectivity index (χ1n) is 5.04. The molecule has 1 aromatic carbocycles. The van der Waals surface area contributed by atoms with Gasteiger partial charge in [-0.05, 0) is 11.6 Å². The lowest BCUT2D eigenvalue weighted by atomic mass is 10.0. The van der Waals surface area contributed by atoms with Gasteiger partial charge in [0, 0.05) is 16.7 Å². The Morgan fingerprint density at radius 3 is 2.56 bits per heavy atom. The number of azide groups is 1. The quantitative estimate of drug-likeness (QED) is 0.466. The molecule has 0 amide bonds. The molecule has 1 aromatic rings. The molecule has 0 saturated carbocycles. The molecule has 7 nitrogen and oxygen atoms in total. The molecule has 0 saturated heterocycles. The van der Waals surface area contributed by atoms with Gasteiger partial charge >= 0.3 is 0 Å². The second kappa shape index (κ2) is 5.83. The average Bonchev–Trinajstić information content (AvgIpc) is 2.34. The van der Waals surface area contributed by atoms with E-state index >= 15 is 0 Å². The summed E-state index contributed by atoms with van der Waals surface area (Å²) in [6.07, 6.45) is -1.77. The van der Waals surface area contributed by atoms with E-state index in [4.69, 9.17) is 5.53 Å². The maximum Gasteiger partial charge on any atom is 0.175 e. The highest BCUT2D eigenvalue weighted by Crippen LogP contribution is 2.24. The highest BCUT2D eigenvalue weighted by Gasteiger charge is 2.23. The van der Waals surface area contributed by atoms with Crippen LogP contribution >= 0.6 is 0 Å². The van der Waals surface area contributed by atoms with E-state index in [0.717, 1.165) is 6.26 Å². The van der Waals surface area contributed by atoms with Crippen molar-refractivity contribution in [2.45, 2.75) is 17.1 Å². The van der Waals surface area contributed by atoms with Crippen LogP contribution in [0, 0.1) is 0 Å². The van der Waals surface area contributed by atoms with Crippen LogP contribution in [0.25, 0.3) is 10.4 Å². The van der Waals surface area contributed by atoms with Crippen molar-refractivity contribution in [1.29, 1.82) is 0 Å². The molecule has 0 spiro atoms. The number of hydrogen-bond acceptors (Lipinski definition) is 5. The van der Waals surface area contributed by atoms with Crippen LogP contribution in [0.4, 0.5) is 0 Å². The minimum atomic E-state index is -3.51. The molecule has 0 aromatic heterocycles. The van der Waals surface area contributed by atoms with Crippen molar-refractivity contribution in [3.63, 3.8) is 0 Å². The summed E-state index contributed by atoms with van der Waals surface area (Å²) < 4.78 is 23.0. The normalized spacial score (nSPS) is 14.6. The van der Waals surface area contributed by atoms with Crippen LogP contribution in [0.2, 0.25) is 0 Å². The molecule has 98 valence electrons. The standard InChI is InChI=1S/C10H13N3O4S/c1-18(16,17)9-5-3-2-4-7(9)10(15)8(14)6-12-13-11/h2-5,8,10,14-15H,6H2,1H3. The zero-order valence-corrected chi connectivity index (χ0v) is 10.4. The van der Waals surface area contributed by atoms with Gasteiger partial charge in [0.1, 0.15) is 6.10 Å². The van der Waals surface area contributed by atoms with Gasteiger partial charge in [-0.2, -0.15) is 0 Å². The summed E-state index contributed by atoms with van der Waals surface area (Å²) in [5.41, 5.74) is 8.20. The van der Waals surface area contributed by atoms with Gasteiger partial charge < -0.3 is 10.2 Å². The second-order valence-corrected chi connectivity index (χ2v) is 5.72. The minimum absolute atomic E-state index is 0.0579. The smallest absolute Gasteiger partial charge is 0.175 e. The Morgan fingerprint density at radius 2 is 2.00 bits per heavy atom. The zero-order valence-electron chi connectivity index (χ0n) is 9.63. The van der Waals surface area contributed by atoms with E-state index in [2.05, 4.69) is 10.0 Å². The van der Waals surface area contributed by atoms with Gasteiger partial charge in [-0.3, -0.25) is 0 Å². The average molecular weight is 271 g/mol. The SMILES string of the molecule is CS(=O)(=O)c1ccccc1C(O)C(O)CN=[N+]=[N-]. The largest absolute Gasteiger partial charge is 0.390 e. The fraction of sp³-hybridized carbons (Fsp3) is 0.400.